The van der Waals surface area contributed by atoms with Gasteiger partial charge in [-0.1, -0.05) is 13.8 Å². The van der Waals surface area contributed by atoms with E-state index < -0.39 is 42.7 Å². The Labute approximate surface area is 93.4 Å². The van der Waals surface area contributed by atoms with Gasteiger partial charge in [-0.2, -0.15) is 0 Å². The number of ether oxygens (including phenoxy) is 1. The predicted molar refractivity (Wildman–Crippen MR) is 55.0 cm³/mol. The number of carbonyl (C=O) groups excluding carboxylic acids is 2. The SMILES string of the molecule is CC(C)[C@](N)(C(N)=O)C(=O)OCC(O)CO. The van der Waals surface area contributed by atoms with Crippen LogP contribution in [-0.4, -0.2) is 46.9 Å². The summed E-state index contributed by atoms with van der Waals surface area (Å²) in [7, 11) is 0. The lowest BCUT2D eigenvalue weighted by molar-refractivity contribution is -0.159. The molecule has 0 aliphatic rings. The Hall–Kier alpha value is -1.18. The molecule has 1 unspecified atom stereocenters. The van der Waals surface area contributed by atoms with Crippen LogP contribution in [0.3, 0.4) is 0 Å². The van der Waals surface area contributed by atoms with Crippen LogP contribution < -0.4 is 11.5 Å². The summed E-state index contributed by atoms with van der Waals surface area (Å²) in [6.07, 6.45) is -1.20. The fourth-order valence-corrected chi connectivity index (χ4v) is 0.965. The van der Waals surface area contributed by atoms with Crippen LogP contribution in [0.4, 0.5) is 0 Å². The Morgan fingerprint density at radius 2 is 1.94 bits per heavy atom. The van der Waals surface area contributed by atoms with E-state index in [-0.39, 0.29) is 0 Å². The molecule has 7 heteroatoms. The summed E-state index contributed by atoms with van der Waals surface area (Å²) in [6.45, 7) is 2.11. The first kappa shape index (κ1) is 14.8. The fraction of sp³-hybridized carbons (Fsp3) is 0.778. The highest BCUT2D eigenvalue weighted by Crippen LogP contribution is 2.15. The van der Waals surface area contributed by atoms with E-state index in [9.17, 15) is 9.59 Å². The van der Waals surface area contributed by atoms with Crippen molar-refractivity contribution in [3.63, 3.8) is 0 Å². The van der Waals surface area contributed by atoms with Crippen molar-refractivity contribution in [2.24, 2.45) is 17.4 Å². The van der Waals surface area contributed by atoms with Crippen molar-refractivity contribution in [2.75, 3.05) is 13.2 Å². The highest BCUT2D eigenvalue weighted by Gasteiger charge is 2.45. The molecule has 6 N–H and O–H groups in total. The largest absolute Gasteiger partial charge is 0.461 e. The predicted octanol–water partition coefficient (Wildman–Crippen LogP) is -2.28. The zero-order valence-corrected chi connectivity index (χ0v) is 9.34. The van der Waals surface area contributed by atoms with E-state index >= 15 is 0 Å². The van der Waals surface area contributed by atoms with E-state index in [1.807, 2.05) is 0 Å². The summed E-state index contributed by atoms with van der Waals surface area (Å²) in [4.78, 5) is 22.6. The third kappa shape index (κ3) is 3.16. The molecule has 94 valence electrons. The molecule has 7 nitrogen and oxygen atoms in total. The summed E-state index contributed by atoms with van der Waals surface area (Å²) in [5, 5.41) is 17.5. The summed E-state index contributed by atoms with van der Waals surface area (Å²) in [5.74, 6) is -2.54. The molecule has 0 radical (unpaired) electrons. The summed E-state index contributed by atoms with van der Waals surface area (Å²) in [5.41, 5.74) is 8.68. The Bertz CT molecular complexity index is 269. The Balaban J connectivity index is 4.60. The molecule has 2 atom stereocenters. The number of amides is 1. The highest BCUT2D eigenvalue weighted by atomic mass is 16.5. The van der Waals surface area contributed by atoms with E-state index in [2.05, 4.69) is 4.74 Å². The molecule has 0 saturated carbocycles. The Kier molecular flexibility index (Phi) is 5.36. The van der Waals surface area contributed by atoms with Crippen molar-refractivity contribution >= 4 is 11.9 Å². The zero-order chi connectivity index (χ0) is 12.9. The molecule has 0 aliphatic carbocycles. The quantitative estimate of drug-likeness (QED) is 0.302. The second-order valence-electron chi connectivity index (χ2n) is 3.82. The van der Waals surface area contributed by atoms with Crippen molar-refractivity contribution in [1.29, 1.82) is 0 Å². The first-order chi connectivity index (χ1) is 7.26. The van der Waals surface area contributed by atoms with Crippen molar-refractivity contribution < 1.29 is 24.5 Å². The molecule has 0 bridgehead atoms. The molecule has 0 aromatic rings. The summed E-state index contributed by atoms with van der Waals surface area (Å²) < 4.78 is 4.61. The first-order valence-corrected chi connectivity index (χ1v) is 4.81. The summed E-state index contributed by atoms with van der Waals surface area (Å²) >= 11 is 0. The third-order valence-corrected chi connectivity index (χ3v) is 2.27. The van der Waals surface area contributed by atoms with Crippen molar-refractivity contribution in [1.82, 2.24) is 0 Å². The van der Waals surface area contributed by atoms with Gasteiger partial charge in [0, 0.05) is 0 Å². The van der Waals surface area contributed by atoms with Crippen molar-refractivity contribution in [2.45, 2.75) is 25.5 Å². The minimum atomic E-state index is -1.92. The van der Waals surface area contributed by atoms with E-state index in [0.29, 0.717) is 0 Å². The fourth-order valence-electron chi connectivity index (χ4n) is 0.965. The minimum absolute atomic E-state index is 0.436. The van der Waals surface area contributed by atoms with Gasteiger partial charge in [0.15, 0.2) is 5.54 Å². The number of aliphatic hydroxyl groups excluding tert-OH is 2. The van der Waals surface area contributed by atoms with E-state index in [4.69, 9.17) is 21.7 Å². The maximum absolute atomic E-state index is 11.5. The second kappa shape index (κ2) is 5.78. The van der Waals surface area contributed by atoms with Gasteiger partial charge in [-0.05, 0) is 5.92 Å². The molecular weight excluding hydrogens is 216 g/mol. The smallest absolute Gasteiger partial charge is 0.336 e. The average molecular weight is 234 g/mol. The minimum Gasteiger partial charge on any atom is -0.461 e. The molecule has 0 aliphatic heterocycles. The number of aliphatic hydroxyl groups is 2. The van der Waals surface area contributed by atoms with Crippen LogP contribution in [-0.2, 0) is 14.3 Å². The molecule has 0 fully saturated rings. The lowest BCUT2D eigenvalue weighted by atomic mass is 9.87. The van der Waals surface area contributed by atoms with Gasteiger partial charge >= 0.3 is 5.97 Å². The van der Waals surface area contributed by atoms with Gasteiger partial charge in [-0.3, -0.25) is 4.79 Å². The van der Waals surface area contributed by atoms with Crippen LogP contribution in [0.1, 0.15) is 13.8 Å². The Morgan fingerprint density at radius 1 is 1.44 bits per heavy atom. The highest BCUT2D eigenvalue weighted by molar-refractivity contribution is 6.06. The van der Waals surface area contributed by atoms with E-state index in [1.54, 1.807) is 13.8 Å². The molecule has 0 spiro atoms. The third-order valence-electron chi connectivity index (χ3n) is 2.27. The molecule has 0 aromatic heterocycles. The second-order valence-corrected chi connectivity index (χ2v) is 3.82. The van der Waals surface area contributed by atoms with E-state index in [1.165, 1.54) is 0 Å². The van der Waals surface area contributed by atoms with Gasteiger partial charge in [0.1, 0.15) is 12.7 Å². The maximum atomic E-state index is 11.5. The van der Waals surface area contributed by atoms with Crippen LogP contribution >= 0.6 is 0 Å². The zero-order valence-electron chi connectivity index (χ0n) is 9.34. The molecule has 0 saturated heterocycles. The van der Waals surface area contributed by atoms with Crippen LogP contribution in [0.2, 0.25) is 0 Å². The molecular formula is C9H18N2O5. The van der Waals surface area contributed by atoms with Gasteiger partial charge in [0.25, 0.3) is 0 Å². The van der Waals surface area contributed by atoms with Gasteiger partial charge in [0.05, 0.1) is 6.61 Å². The van der Waals surface area contributed by atoms with Gasteiger partial charge in [0.2, 0.25) is 5.91 Å². The van der Waals surface area contributed by atoms with Crippen molar-refractivity contribution in [3.8, 4) is 0 Å². The number of nitrogens with two attached hydrogens (primary N) is 2. The topological polar surface area (TPSA) is 136 Å². The number of hydrogen-bond donors (Lipinski definition) is 4. The Morgan fingerprint density at radius 3 is 2.25 bits per heavy atom. The molecule has 16 heavy (non-hydrogen) atoms. The molecule has 0 aromatic carbocycles. The number of hydrogen-bond acceptors (Lipinski definition) is 6. The van der Waals surface area contributed by atoms with Crippen LogP contribution in [0.25, 0.3) is 0 Å². The number of carbonyl (C=O) groups is 2. The van der Waals surface area contributed by atoms with Gasteiger partial charge in [-0.25, -0.2) is 4.79 Å². The van der Waals surface area contributed by atoms with Crippen LogP contribution in [0.5, 0.6) is 0 Å². The average Bonchev–Trinajstić information content (AvgIpc) is 2.23. The first-order valence-electron chi connectivity index (χ1n) is 4.81. The molecule has 0 rings (SSSR count). The lowest BCUT2D eigenvalue weighted by Gasteiger charge is -2.27. The normalized spacial score (nSPS) is 16.6. The summed E-state index contributed by atoms with van der Waals surface area (Å²) in [6, 6.07) is 0. The number of rotatable bonds is 6. The molecule has 1 amide bonds. The molecule has 0 heterocycles. The van der Waals surface area contributed by atoms with Gasteiger partial charge < -0.3 is 26.4 Å². The van der Waals surface area contributed by atoms with Crippen LogP contribution in [0.15, 0.2) is 0 Å². The standard InChI is InChI=1S/C9H18N2O5/c1-5(2)9(11,7(10)14)8(15)16-4-6(13)3-12/h5-6,12-13H,3-4,11H2,1-2H3,(H2,10,14)/t6?,9-/m0/s1. The van der Waals surface area contributed by atoms with Crippen LogP contribution in [0, 0.1) is 5.92 Å². The van der Waals surface area contributed by atoms with Gasteiger partial charge in [-0.15, -0.1) is 0 Å². The number of esters is 1. The lowest BCUT2D eigenvalue weighted by Crippen LogP contribution is -2.62. The van der Waals surface area contributed by atoms with E-state index in [0.717, 1.165) is 0 Å². The monoisotopic (exact) mass is 234 g/mol. The van der Waals surface area contributed by atoms with Crippen molar-refractivity contribution in [3.05, 3.63) is 0 Å². The number of primary amides is 1. The maximum Gasteiger partial charge on any atom is 0.336 e.